The zero-order valence-corrected chi connectivity index (χ0v) is 10.5. The molecule has 0 fully saturated rings. The van der Waals surface area contributed by atoms with Gasteiger partial charge >= 0.3 is 0 Å². The van der Waals surface area contributed by atoms with E-state index in [-0.39, 0.29) is 4.90 Å². The molecule has 0 heterocycles. The molecule has 0 aliphatic carbocycles. The topological polar surface area (TPSA) is 77.5 Å². The number of hydrogen-bond acceptors (Lipinski definition) is 5. The molecular weight excluding hydrogens is 252 g/mol. The van der Waals surface area contributed by atoms with Gasteiger partial charge in [0.05, 0.1) is 17.8 Å². The van der Waals surface area contributed by atoms with E-state index in [0.717, 1.165) is 0 Å². The Morgan fingerprint density at radius 3 is 1.94 bits per heavy atom. The molecule has 0 spiro atoms. The van der Waals surface area contributed by atoms with Crippen LogP contribution in [0.2, 0.25) is 0 Å². The minimum Gasteiger partial charge on any atom is -0.497 e. The summed E-state index contributed by atoms with van der Waals surface area (Å²) in [6.07, 6.45) is 0. The first-order chi connectivity index (χ1) is 7.35. The van der Waals surface area contributed by atoms with Crippen LogP contribution in [0.4, 0.5) is 0 Å². The Balaban J connectivity index is 3.29. The van der Waals surface area contributed by atoms with Gasteiger partial charge in [-0.15, -0.1) is 0 Å². The highest BCUT2D eigenvalue weighted by atomic mass is 33.2. The van der Waals surface area contributed by atoms with Crippen molar-refractivity contribution in [3.05, 3.63) is 24.3 Å². The molecule has 5 nitrogen and oxygen atoms in total. The Hall–Kier alpha value is -1.08. The van der Waals surface area contributed by atoms with Gasteiger partial charge in [-0.25, -0.2) is 16.8 Å². The number of ether oxygens (including phenoxy) is 1. The van der Waals surface area contributed by atoms with E-state index in [1.165, 1.54) is 38.3 Å². The molecule has 0 aliphatic rings. The van der Waals surface area contributed by atoms with E-state index >= 15 is 0 Å². The lowest BCUT2D eigenvalue weighted by Crippen LogP contribution is -2.17. The third kappa shape index (κ3) is 2.19. The minimum atomic E-state index is -4.30. The van der Waals surface area contributed by atoms with Gasteiger partial charge in [-0.3, -0.25) is 0 Å². The maximum absolute atomic E-state index is 11.7. The van der Waals surface area contributed by atoms with Gasteiger partial charge in [-0.2, -0.15) is 0 Å². The zero-order chi connectivity index (χ0) is 12.4. The molecule has 0 amide bonds. The van der Waals surface area contributed by atoms with Gasteiger partial charge in [0, 0.05) is 0 Å². The van der Waals surface area contributed by atoms with Gasteiger partial charge in [-0.05, 0) is 24.3 Å². The van der Waals surface area contributed by atoms with Crippen molar-refractivity contribution in [1.82, 2.24) is 0 Å². The summed E-state index contributed by atoms with van der Waals surface area (Å²) >= 11 is 0. The molecule has 0 aliphatic heterocycles. The fourth-order valence-electron chi connectivity index (χ4n) is 1.04. The summed E-state index contributed by atoms with van der Waals surface area (Å²) < 4.78 is 50.9. The summed E-state index contributed by atoms with van der Waals surface area (Å²) in [4.78, 5) is -0.241. The average molecular weight is 264 g/mol. The van der Waals surface area contributed by atoms with Crippen LogP contribution in [0.15, 0.2) is 29.2 Å². The van der Waals surface area contributed by atoms with Gasteiger partial charge in [0.2, 0.25) is 0 Å². The van der Waals surface area contributed by atoms with E-state index in [2.05, 4.69) is 0 Å². The van der Waals surface area contributed by atoms with Gasteiger partial charge in [0.15, 0.2) is 0 Å². The lowest BCUT2D eigenvalue weighted by Gasteiger charge is -2.04. The maximum atomic E-state index is 11.7. The first kappa shape index (κ1) is 13.0. The monoisotopic (exact) mass is 264 g/mol. The Morgan fingerprint density at radius 1 is 1.06 bits per heavy atom. The zero-order valence-electron chi connectivity index (χ0n) is 8.87. The molecule has 0 saturated carbocycles. The molecule has 0 bridgehead atoms. The molecule has 16 heavy (non-hydrogen) atoms. The molecule has 1 rings (SSSR count). The highest BCUT2D eigenvalue weighted by Gasteiger charge is 2.29. The van der Waals surface area contributed by atoms with Crippen molar-refractivity contribution in [2.45, 2.75) is 11.8 Å². The van der Waals surface area contributed by atoms with Crippen LogP contribution in [0, 0.1) is 0 Å². The van der Waals surface area contributed by atoms with Crippen LogP contribution in [0.5, 0.6) is 5.75 Å². The van der Waals surface area contributed by atoms with Crippen molar-refractivity contribution >= 4 is 17.7 Å². The quantitative estimate of drug-likeness (QED) is 0.752. The molecule has 0 unspecified atom stereocenters. The maximum Gasteiger partial charge on any atom is 0.282 e. The third-order valence-corrected chi connectivity index (χ3v) is 7.55. The van der Waals surface area contributed by atoms with Crippen molar-refractivity contribution in [3.8, 4) is 5.75 Å². The molecule has 0 radical (unpaired) electrons. The first-order valence-corrected chi connectivity index (χ1v) is 8.12. The molecule has 0 atom stereocenters. The second-order valence-corrected chi connectivity index (χ2v) is 8.89. The summed E-state index contributed by atoms with van der Waals surface area (Å²) in [5.74, 6) is 0.0225. The molecule has 90 valence electrons. The van der Waals surface area contributed by atoms with Crippen LogP contribution < -0.4 is 4.74 Å². The summed E-state index contributed by atoms with van der Waals surface area (Å²) in [5, 5.41) is 0. The molecule has 1 aromatic carbocycles. The van der Waals surface area contributed by atoms with Gasteiger partial charge < -0.3 is 4.74 Å². The van der Waals surface area contributed by atoms with Crippen LogP contribution in [-0.2, 0) is 17.7 Å². The van der Waals surface area contributed by atoms with Gasteiger partial charge in [-0.1, -0.05) is 6.92 Å². The van der Waals surface area contributed by atoms with E-state index in [4.69, 9.17) is 4.74 Å². The first-order valence-electron chi connectivity index (χ1n) is 4.47. The van der Waals surface area contributed by atoms with Gasteiger partial charge in [0.25, 0.3) is 17.7 Å². The predicted octanol–water partition coefficient (Wildman–Crippen LogP) is 0.819. The third-order valence-electron chi connectivity index (χ3n) is 2.04. The largest absolute Gasteiger partial charge is 0.497 e. The lowest BCUT2D eigenvalue weighted by molar-refractivity contribution is 0.414. The highest BCUT2D eigenvalue weighted by molar-refractivity contribution is 8.67. The molecule has 0 saturated heterocycles. The number of rotatable bonds is 4. The van der Waals surface area contributed by atoms with Crippen LogP contribution >= 0.6 is 0 Å². The second kappa shape index (κ2) is 4.42. The fourth-order valence-corrected chi connectivity index (χ4v) is 4.26. The van der Waals surface area contributed by atoms with Crippen LogP contribution in [0.3, 0.4) is 0 Å². The van der Waals surface area contributed by atoms with Crippen molar-refractivity contribution in [1.29, 1.82) is 0 Å². The second-order valence-electron chi connectivity index (χ2n) is 2.98. The van der Waals surface area contributed by atoms with Crippen LogP contribution in [0.25, 0.3) is 0 Å². The van der Waals surface area contributed by atoms with Crippen LogP contribution in [0.1, 0.15) is 6.92 Å². The summed E-state index contributed by atoms with van der Waals surface area (Å²) in [7, 11) is -7.00. The summed E-state index contributed by atoms with van der Waals surface area (Å²) in [6, 6.07) is 5.22. The molecule has 1 aromatic rings. The normalized spacial score (nSPS) is 12.4. The highest BCUT2D eigenvalue weighted by Crippen LogP contribution is 2.20. The van der Waals surface area contributed by atoms with Crippen molar-refractivity contribution in [2.75, 3.05) is 12.9 Å². The Labute approximate surface area is 94.3 Å². The smallest absolute Gasteiger partial charge is 0.282 e. The summed E-state index contributed by atoms with van der Waals surface area (Å²) in [6.45, 7) is 1.29. The molecule has 7 heteroatoms. The number of methoxy groups -OCH3 is 1. The Kier molecular flexibility index (Phi) is 3.59. The average Bonchev–Trinajstić information content (AvgIpc) is 2.29. The lowest BCUT2D eigenvalue weighted by atomic mass is 10.3. The Morgan fingerprint density at radius 2 is 1.56 bits per heavy atom. The van der Waals surface area contributed by atoms with Gasteiger partial charge in [0.1, 0.15) is 5.75 Å². The van der Waals surface area contributed by atoms with E-state index in [1.54, 1.807) is 0 Å². The fraction of sp³-hybridized carbons (Fsp3) is 0.333. The van der Waals surface area contributed by atoms with E-state index < -0.39 is 23.5 Å². The van der Waals surface area contributed by atoms with Crippen molar-refractivity contribution < 1.29 is 21.6 Å². The standard InChI is InChI=1S/C9H12O5S2/c1-3-15(10,11)16(12,13)9-6-4-8(14-2)5-7-9/h4-7H,3H2,1-2H3. The number of benzene rings is 1. The number of hydrogen-bond donors (Lipinski definition) is 0. The van der Waals surface area contributed by atoms with E-state index in [1.807, 2.05) is 0 Å². The molecule has 0 N–H and O–H groups in total. The Bertz CT molecular complexity index is 554. The predicted molar refractivity (Wildman–Crippen MR) is 59.6 cm³/mol. The SMILES string of the molecule is CCS(=O)(=O)S(=O)(=O)c1ccc(OC)cc1. The molecule has 0 aromatic heterocycles. The van der Waals surface area contributed by atoms with Crippen LogP contribution in [-0.4, -0.2) is 29.7 Å². The minimum absolute atomic E-state index is 0.241. The van der Waals surface area contributed by atoms with E-state index in [9.17, 15) is 16.8 Å². The summed E-state index contributed by atoms with van der Waals surface area (Å²) in [5.41, 5.74) is 0. The van der Waals surface area contributed by atoms with Crippen molar-refractivity contribution in [3.63, 3.8) is 0 Å². The van der Waals surface area contributed by atoms with Crippen molar-refractivity contribution in [2.24, 2.45) is 0 Å². The van der Waals surface area contributed by atoms with E-state index in [0.29, 0.717) is 5.75 Å². The molecular formula is C9H12O5S2.